The molecule has 4 heterocycles. The summed E-state index contributed by atoms with van der Waals surface area (Å²) < 4.78 is 15.2. The molecule has 0 atom stereocenters. The Kier molecular flexibility index (Phi) is 6.05. The van der Waals surface area contributed by atoms with Gasteiger partial charge in [0.1, 0.15) is 22.3 Å². The Bertz CT molecular complexity index is 3160. The van der Waals surface area contributed by atoms with Crippen LogP contribution in [0.1, 0.15) is 0 Å². The van der Waals surface area contributed by atoms with Crippen LogP contribution in [0.3, 0.4) is 0 Å². The Labute approximate surface area is 295 Å². The lowest BCUT2D eigenvalue weighted by molar-refractivity contribution is 0.668. The third-order valence-electron chi connectivity index (χ3n) is 9.75. The standard InChI is InChI=1S/C45H25N3O2S/c1-2-9-26(10-3-1)43-46-44(48-45(47-43)29-17-20-33-32-12-5-7-16-40(32)51-41(33)25-29)28-19-22-39-36(24-28)35-23-27(18-21-38(35)49-39)30-13-8-14-34-31-11-4-6-15-37(31)50-42(30)34/h1-25H. The van der Waals surface area contributed by atoms with Gasteiger partial charge in [0, 0.05) is 64.0 Å². The van der Waals surface area contributed by atoms with Crippen molar-refractivity contribution in [3.8, 4) is 45.3 Å². The van der Waals surface area contributed by atoms with Crippen molar-refractivity contribution in [2.24, 2.45) is 0 Å². The summed E-state index contributed by atoms with van der Waals surface area (Å²) in [5.74, 6) is 1.87. The monoisotopic (exact) mass is 671 g/mol. The van der Waals surface area contributed by atoms with Crippen LogP contribution in [0.4, 0.5) is 0 Å². The van der Waals surface area contributed by atoms with E-state index in [1.54, 1.807) is 11.3 Å². The number of nitrogens with zero attached hydrogens (tertiary/aromatic N) is 3. The highest BCUT2D eigenvalue weighted by Gasteiger charge is 2.17. The van der Waals surface area contributed by atoms with Crippen LogP contribution in [-0.4, -0.2) is 15.0 Å². The molecule has 11 aromatic rings. The lowest BCUT2D eigenvalue weighted by Gasteiger charge is -2.09. The van der Waals surface area contributed by atoms with Crippen molar-refractivity contribution < 1.29 is 8.83 Å². The van der Waals surface area contributed by atoms with Crippen molar-refractivity contribution in [3.63, 3.8) is 0 Å². The van der Waals surface area contributed by atoms with Crippen molar-refractivity contribution in [2.45, 2.75) is 0 Å². The van der Waals surface area contributed by atoms with E-state index in [2.05, 4.69) is 84.9 Å². The highest BCUT2D eigenvalue weighted by atomic mass is 32.1. The van der Waals surface area contributed by atoms with E-state index in [0.717, 1.165) is 71.7 Å². The summed E-state index contributed by atoms with van der Waals surface area (Å²) in [5.41, 5.74) is 8.27. The summed E-state index contributed by atoms with van der Waals surface area (Å²) in [6.45, 7) is 0. The molecule has 0 fully saturated rings. The minimum absolute atomic E-state index is 0.606. The van der Waals surface area contributed by atoms with Crippen LogP contribution in [-0.2, 0) is 0 Å². The maximum absolute atomic E-state index is 6.38. The number of thiophene rings is 1. The quantitative estimate of drug-likeness (QED) is 0.186. The molecule has 4 aromatic heterocycles. The molecule has 0 saturated carbocycles. The number of benzene rings is 7. The number of hydrogen-bond acceptors (Lipinski definition) is 6. The summed E-state index contributed by atoms with van der Waals surface area (Å²) in [4.78, 5) is 15.1. The Morgan fingerprint density at radius 3 is 1.76 bits per heavy atom. The van der Waals surface area contributed by atoms with Gasteiger partial charge in [-0.25, -0.2) is 15.0 Å². The molecule has 238 valence electrons. The number of aromatic nitrogens is 3. The molecule has 0 N–H and O–H groups in total. The van der Waals surface area contributed by atoms with E-state index in [1.807, 2.05) is 66.7 Å². The van der Waals surface area contributed by atoms with Gasteiger partial charge in [-0.15, -0.1) is 11.3 Å². The smallest absolute Gasteiger partial charge is 0.164 e. The van der Waals surface area contributed by atoms with Gasteiger partial charge in [-0.05, 0) is 54.1 Å². The van der Waals surface area contributed by atoms with Gasteiger partial charge in [0.05, 0.1) is 0 Å². The Morgan fingerprint density at radius 2 is 0.941 bits per heavy atom. The highest BCUT2D eigenvalue weighted by molar-refractivity contribution is 7.25. The van der Waals surface area contributed by atoms with Crippen LogP contribution in [0.15, 0.2) is 160 Å². The summed E-state index contributed by atoms with van der Waals surface area (Å²) in [7, 11) is 0. The lowest BCUT2D eigenvalue weighted by atomic mass is 10.00. The molecule has 0 aliphatic carbocycles. The fourth-order valence-electron chi connectivity index (χ4n) is 7.27. The SMILES string of the molecule is c1ccc(-c2nc(-c3ccc4c(c3)sc3ccccc34)nc(-c3ccc4oc5ccc(-c6cccc7c6oc6ccccc67)cc5c4c3)n2)cc1. The Morgan fingerprint density at radius 1 is 0.353 bits per heavy atom. The van der Waals surface area contributed by atoms with Gasteiger partial charge in [-0.2, -0.15) is 0 Å². The first-order valence-electron chi connectivity index (χ1n) is 16.8. The third-order valence-corrected chi connectivity index (χ3v) is 10.9. The van der Waals surface area contributed by atoms with Gasteiger partial charge < -0.3 is 8.83 Å². The molecule has 0 spiro atoms. The van der Waals surface area contributed by atoms with Crippen LogP contribution >= 0.6 is 11.3 Å². The number of hydrogen-bond donors (Lipinski definition) is 0. The van der Waals surface area contributed by atoms with Crippen LogP contribution in [0.2, 0.25) is 0 Å². The van der Waals surface area contributed by atoms with Gasteiger partial charge in [0.2, 0.25) is 0 Å². The number of furan rings is 2. The van der Waals surface area contributed by atoms with Crippen LogP contribution in [0.25, 0.3) is 109 Å². The van der Waals surface area contributed by atoms with E-state index in [4.69, 9.17) is 23.8 Å². The largest absolute Gasteiger partial charge is 0.456 e. The molecule has 7 aromatic carbocycles. The highest BCUT2D eigenvalue weighted by Crippen LogP contribution is 2.40. The van der Waals surface area contributed by atoms with Gasteiger partial charge in [-0.1, -0.05) is 103 Å². The zero-order valence-electron chi connectivity index (χ0n) is 27.0. The van der Waals surface area contributed by atoms with Crippen molar-refractivity contribution in [1.82, 2.24) is 15.0 Å². The first-order chi connectivity index (χ1) is 25.2. The predicted octanol–water partition coefficient (Wildman–Crippen LogP) is 12.7. The van der Waals surface area contributed by atoms with Crippen LogP contribution in [0, 0.1) is 0 Å². The molecule has 51 heavy (non-hydrogen) atoms. The summed E-state index contributed by atoms with van der Waals surface area (Å²) in [5, 5.41) is 6.74. The number of fused-ring (bicyclic) bond motifs is 9. The fraction of sp³-hybridized carbons (Fsp3) is 0. The first kappa shape index (κ1) is 28.2. The second-order valence-corrected chi connectivity index (χ2v) is 13.9. The van der Waals surface area contributed by atoms with Crippen molar-refractivity contribution >= 4 is 75.4 Å². The molecular weight excluding hydrogens is 647 g/mol. The Hall–Kier alpha value is -6.63. The second-order valence-electron chi connectivity index (χ2n) is 12.8. The van der Waals surface area contributed by atoms with E-state index in [0.29, 0.717) is 17.5 Å². The average Bonchev–Trinajstić information content (AvgIpc) is 3.88. The van der Waals surface area contributed by atoms with E-state index in [1.165, 1.54) is 20.2 Å². The minimum atomic E-state index is 0.606. The second kappa shape index (κ2) is 10.9. The van der Waals surface area contributed by atoms with E-state index >= 15 is 0 Å². The fourth-order valence-corrected chi connectivity index (χ4v) is 8.42. The minimum Gasteiger partial charge on any atom is -0.456 e. The zero-order valence-corrected chi connectivity index (χ0v) is 27.8. The Balaban J connectivity index is 1.07. The molecule has 0 aliphatic heterocycles. The lowest BCUT2D eigenvalue weighted by Crippen LogP contribution is -2.00. The molecule has 0 amide bonds. The predicted molar refractivity (Wildman–Crippen MR) is 209 cm³/mol. The van der Waals surface area contributed by atoms with Crippen molar-refractivity contribution in [3.05, 3.63) is 152 Å². The van der Waals surface area contributed by atoms with Gasteiger partial charge in [0.15, 0.2) is 17.5 Å². The van der Waals surface area contributed by atoms with Crippen LogP contribution in [0.5, 0.6) is 0 Å². The molecule has 0 bridgehead atoms. The average molecular weight is 672 g/mol. The molecule has 0 saturated heterocycles. The maximum Gasteiger partial charge on any atom is 0.164 e. The van der Waals surface area contributed by atoms with E-state index < -0.39 is 0 Å². The normalized spacial score (nSPS) is 11.9. The molecular formula is C45H25N3O2S. The van der Waals surface area contributed by atoms with Gasteiger partial charge in [0.25, 0.3) is 0 Å². The molecule has 6 heteroatoms. The van der Waals surface area contributed by atoms with Crippen molar-refractivity contribution in [2.75, 3.05) is 0 Å². The van der Waals surface area contributed by atoms with Crippen molar-refractivity contribution in [1.29, 1.82) is 0 Å². The summed E-state index contributed by atoms with van der Waals surface area (Å²) in [6.07, 6.45) is 0. The number of para-hydroxylation sites is 2. The van der Waals surface area contributed by atoms with Gasteiger partial charge >= 0.3 is 0 Å². The number of rotatable bonds is 4. The van der Waals surface area contributed by atoms with Gasteiger partial charge in [-0.3, -0.25) is 0 Å². The summed E-state index contributed by atoms with van der Waals surface area (Å²) in [6, 6.07) is 52.2. The van der Waals surface area contributed by atoms with E-state index in [9.17, 15) is 0 Å². The maximum atomic E-state index is 6.38. The van der Waals surface area contributed by atoms with E-state index in [-0.39, 0.29) is 0 Å². The molecule has 11 rings (SSSR count). The van der Waals surface area contributed by atoms with Crippen LogP contribution < -0.4 is 0 Å². The summed E-state index contributed by atoms with van der Waals surface area (Å²) >= 11 is 1.79. The molecule has 5 nitrogen and oxygen atoms in total. The topological polar surface area (TPSA) is 65.0 Å². The molecule has 0 aliphatic rings. The molecule has 0 radical (unpaired) electrons. The molecule has 0 unspecified atom stereocenters. The zero-order chi connectivity index (χ0) is 33.5. The third kappa shape index (κ3) is 4.50. The first-order valence-corrected chi connectivity index (χ1v) is 17.7.